The van der Waals surface area contributed by atoms with E-state index in [1.54, 1.807) is 0 Å². The molecule has 0 saturated carbocycles. The van der Waals surface area contributed by atoms with Crippen LogP contribution in [-0.2, 0) is 14.9 Å². The average molecular weight is 512 g/mol. The van der Waals surface area contributed by atoms with Gasteiger partial charge in [0.25, 0.3) is 0 Å². The van der Waals surface area contributed by atoms with Crippen molar-refractivity contribution in [3.63, 3.8) is 0 Å². The minimum absolute atomic E-state index is 0.0124. The topological polar surface area (TPSA) is 110 Å². The molecule has 2 rings (SSSR count). The Kier molecular flexibility index (Phi) is 6.69. The quantitative estimate of drug-likeness (QED) is 0.150. The Hall–Kier alpha value is -2.77. The van der Waals surface area contributed by atoms with E-state index in [4.69, 9.17) is 4.74 Å². The molecular weight excluding hydrogens is 504 g/mol. The molecule has 0 radical (unpaired) electrons. The fourth-order valence-electron chi connectivity index (χ4n) is 1.95. The number of esters is 2. The van der Waals surface area contributed by atoms with E-state index in [-0.39, 0.29) is 15.8 Å². The number of carbonyl (C=O) groups is 2. The van der Waals surface area contributed by atoms with Gasteiger partial charge in [-0.25, -0.2) is 26.8 Å². The van der Waals surface area contributed by atoms with Gasteiger partial charge in [-0.1, -0.05) is 6.58 Å². The van der Waals surface area contributed by atoms with Crippen molar-refractivity contribution in [3.8, 4) is 11.5 Å². The van der Waals surface area contributed by atoms with E-state index < -0.39 is 61.5 Å². The molecule has 0 saturated heterocycles. The standard InChI is InChI=1S/C17H9BrF4O7S/c1-6(2)16(23)28-9-5-7(3-4-8(9)18)17(24)29-14-10(19)12(21)15(30(25,26)27)13(22)11(14)20/h3-5H,1H2,2H3,(H,25,26,27)/p-1. The Bertz CT molecular complexity index is 1170. The van der Waals surface area contributed by atoms with Crippen molar-refractivity contribution in [2.75, 3.05) is 0 Å². The molecule has 0 aliphatic rings. The first-order valence-electron chi connectivity index (χ1n) is 7.47. The van der Waals surface area contributed by atoms with Crippen molar-refractivity contribution in [2.24, 2.45) is 0 Å². The Morgan fingerprint density at radius 2 is 1.57 bits per heavy atom. The first-order valence-corrected chi connectivity index (χ1v) is 9.67. The van der Waals surface area contributed by atoms with Crippen molar-refractivity contribution in [1.29, 1.82) is 0 Å². The van der Waals surface area contributed by atoms with Crippen LogP contribution in [0.4, 0.5) is 17.6 Å². The SMILES string of the molecule is C=C(C)C(=O)Oc1cc(C(=O)Oc2c(F)c(F)c(S(=O)(=O)[O-])c(F)c2F)ccc1Br. The summed E-state index contributed by atoms with van der Waals surface area (Å²) in [6.45, 7) is 4.70. The third-order valence-electron chi connectivity index (χ3n) is 3.35. The third-order valence-corrected chi connectivity index (χ3v) is 4.86. The van der Waals surface area contributed by atoms with E-state index in [2.05, 4.69) is 27.2 Å². The molecule has 0 aliphatic heterocycles. The van der Waals surface area contributed by atoms with Crippen molar-refractivity contribution in [3.05, 3.63) is 63.7 Å². The van der Waals surface area contributed by atoms with E-state index in [9.17, 15) is 40.1 Å². The van der Waals surface area contributed by atoms with Crippen LogP contribution in [0.25, 0.3) is 0 Å². The molecule has 0 fully saturated rings. The number of hydrogen-bond donors (Lipinski definition) is 0. The van der Waals surface area contributed by atoms with Crippen molar-refractivity contribution in [1.82, 2.24) is 0 Å². The first-order chi connectivity index (χ1) is 13.8. The van der Waals surface area contributed by atoms with Crippen molar-refractivity contribution < 1.29 is 49.6 Å². The Morgan fingerprint density at radius 1 is 1.03 bits per heavy atom. The lowest BCUT2D eigenvalue weighted by Crippen LogP contribution is -2.16. The summed E-state index contributed by atoms with van der Waals surface area (Å²) in [5.74, 6) is -14.5. The van der Waals surface area contributed by atoms with E-state index in [1.807, 2.05) is 0 Å². The lowest BCUT2D eigenvalue weighted by atomic mass is 10.2. The summed E-state index contributed by atoms with van der Waals surface area (Å²) >= 11 is 3.03. The molecule has 0 atom stereocenters. The molecule has 7 nitrogen and oxygen atoms in total. The molecule has 0 aromatic heterocycles. The number of halogens is 5. The van der Waals surface area contributed by atoms with Crippen LogP contribution in [0.15, 0.2) is 39.7 Å². The number of rotatable bonds is 5. The van der Waals surface area contributed by atoms with Crippen LogP contribution in [0.2, 0.25) is 0 Å². The molecule has 13 heteroatoms. The van der Waals surface area contributed by atoms with Crippen LogP contribution in [0.1, 0.15) is 17.3 Å². The second-order valence-corrected chi connectivity index (χ2v) is 7.74. The number of carbonyl (C=O) groups excluding carboxylic acids is 2. The van der Waals surface area contributed by atoms with Crippen molar-refractivity contribution >= 4 is 38.0 Å². The maximum atomic E-state index is 14.0. The normalized spacial score (nSPS) is 11.2. The molecule has 0 heterocycles. The molecule has 30 heavy (non-hydrogen) atoms. The number of benzene rings is 2. The maximum absolute atomic E-state index is 14.0. The molecule has 0 amide bonds. The van der Waals surface area contributed by atoms with Crippen LogP contribution in [0.5, 0.6) is 11.5 Å². The second kappa shape index (κ2) is 8.53. The summed E-state index contributed by atoms with van der Waals surface area (Å²) < 4.78 is 97.3. The van der Waals surface area contributed by atoms with E-state index in [1.165, 1.54) is 13.0 Å². The minimum Gasteiger partial charge on any atom is -0.744 e. The number of hydrogen-bond acceptors (Lipinski definition) is 7. The van der Waals surface area contributed by atoms with Crippen LogP contribution >= 0.6 is 15.9 Å². The summed E-state index contributed by atoms with van der Waals surface area (Å²) in [5, 5.41) is 0. The van der Waals surface area contributed by atoms with Crippen LogP contribution in [0, 0.1) is 23.3 Å². The van der Waals surface area contributed by atoms with Crippen LogP contribution < -0.4 is 9.47 Å². The van der Waals surface area contributed by atoms with Gasteiger partial charge in [0.15, 0.2) is 11.6 Å². The van der Waals surface area contributed by atoms with Gasteiger partial charge in [0.05, 0.1) is 10.0 Å². The lowest BCUT2D eigenvalue weighted by Gasteiger charge is -2.14. The highest BCUT2D eigenvalue weighted by molar-refractivity contribution is 9.10. The van der Waals surface area contributed by atoms with E-state index in [0.717, 1.165) is 12.1 Å². The first kappa shape index (κ1) is 23.5. The molecule has 2 aromatic carbocycles. The predicted molar refractivity (Wildman–Crippen MR) is 93.8 cm³/mol. The second-order valence-electron chi connectivity index (χ2n) is 5.57. The average Bonchev–Trinajstić information content (AvgIpc) is 2.64. The maximum Gasteiger partial charge on any atom is 0.343 e. The fourth-order valence-corrected chi connectivity index (χ4v) is 2.89. The Labute approximate surface area is 174 Å². The largest absolute Gasteiger partial charge is 0.744 e. The van der Waals surface area contributed by atoms with Gasteiger partial charge in [0, 0.05) is 5.57 Å². The molecule has 160 valence electrons. The molecule has 0 N–H and O–H groups in total. The molecular formula is C17H8BrF4O7S-. The zero-order valence-corrected chi connectivity index (χ0v) is 17.0. The molecule has 0 spiro atoms. The van der Waals surface area contributed by atoms with Gasteiger partial charge in [0.1, 0.15) is 20.8 Å². The van der Waals surface area contributed by atoms with Crippen LogP contribution in [-0.4, -0.2) is 24.9 Å². The monoisotopic (exact) mass is 511 g/mol. The zero-order chi connectivity index (χ0) is 23.0. The summed E-state index contributed by atoms with van der Waals surface area (Å²) in [6.07, 6.45) is 0. The van der Waals surface area contributed by atoms with Gasteiger partial charge in [-0.05, 0) is 41.1 Å². The van der Waals surface area contributed by atoms with Gasteiger partial charge >= 0.3 is 11.9 Å². The van der Waals surface area contributed by atoms with Gasteiger partial charge in [-0.15, -0.1) is 0 Å². The molecule has 0 aliphatic carbocycles. The zero-order valence-electron chi connectivity index (χ0n) is 14.6. The number of ether oxygens (including phenoxy) is 2. The smallest absolute Gasteiger partial charge is 0.343 e. The van der Waals surface area contributed by atoms with E-state index in [0.29, 0.717) is 0 Å². The highest BCUT2D eigenvalue weighted by atomic mass is 79.9. The molecule has 0 unspecified atom stereocenters. The van der Waals surface area contributed by atoms with Gasteiger partial charge in [0.2, 0.25) is 17.4 Å². The van der Waals surface area contributed by atoms with Gasteiger partial charge in [-0.2, -0.15) is 8.78 Å². The highest BCUT2D eigenvalue weighted by Crippen LogP contribution is 2.33. The Morgan fingerprint density at radius 3 is 2.03 bits per heavy atom. The van der Waals surface area contributed by atoms with Crippen LogP contribution in [0.3, 0.4) is 0 Å². The summed E-state index contributed by atoms with van der Waals surface area (Å²) in [5.41, 5.74) is -0.457. The minimum atomic E-state index is -5.92. The molecule has 0 bridgehead atoms. The van der Waals surface area contributed by atoms with Gasteiger partial charge < -0.3 is 14.0 Å². The summed E-state index contributed by atoms with van der Waals surface area (Å²) in [4.78, 5) is 21.4. The summed E-state index contributed by atoms with van der Waals surface area (Å²) in [6, 6.07) is 3.15. The third kappa shape index (κ3) is 4.68. The van der Waals surface area contributed by atoms with Gasteiger partial charge in [-0.3, -0.25) is 0 Å². The van der Waals surface area contributed by atoms with Crippen molar-refractivity contribution in [2.45, 2.75) is 11.8 Å². The van der Waals surface area contributed by atoms with E-state index >= 15 is 0 Å². The Balaban J connectivity index is 2.47. The summed E-state index contributed by atoms with van der Waals surface area (Å²) in [7, 11) is -5.92. The fraction of sp³-hybridized carbons (Fsp3) is 0.0588. The lowest BCUT2D eigenvalue weighted by molar-refractivity contribution is -0.130. The predicted octanol–water partition coefficient (Wildman–Crippen LogP) is 3.61. The highest BCUT2D eigenvalue weighted by Gasteiger charge is 2.31. The molecule has 2 aromatic rings.